The molecule has 1 amide bonds. The molecule has 2 aromatic carbocycles. The van der Waals surface area contributed by atoms with Crippen LogP contribution in [-0.4, -0.2) is 23.0 Å². The molecule has 0 aliphatic carbocycles. The summed E-state index contributed by atoms with van der Waals surface area (Å²) in [4.78, 5) is 21.7. The molecular weight excluding hydrogens is 360 g/mol. The van der Waals surface area contributed by atoms with Crippen molar-refractivity contribution in [1.82, 2.24) is 4.90 Å². The van der Waals surface area contributed by atoms with E-state index < -0.39 is 0 Å². The molecule has 3 nitrogen and oxygen atoms in total. The summed E-state index contributed by atoms with van der Waals surface area (Å²) >= 11 is 3.10. The molecule has 1 aromatic heterocycles. The summed E-state index contributed by atoms with van der Waals surface area (Å²) in [5, 5.41) is 0.701. The van der Waals surface area contributed by atoms with Crippen molar-refractivity contribution in [2.24, 2.45) is 4.99 Å². The highest BCUT2D eigenvalue weighted by Gasteiger charge is 2.30. The number of amidine groups is 1. The van der Waals surface area contributed by atoms with Crippen LogP contribution in [0.5, 0.6) is 0 Å². The van der Waals surface area contributed by atoms with E-state index in [2.05, 4.69) is 29.3 Å². The Balaban J connectivity index is 1.59. The Morgan fingerprint density at radius 1 is 0.923 bits per heavy atom. The highest BCUT2D eigenvalue weighted by Crippen LogP contribution is 2.35. The summed E-state index contributed by atoms with van der Waals surface area (Å²) in [6.07, 6.45) is 1.95. The molecule has 0 radical (unpaired) electrons. The van der Waals surface area contributed by atoms with Gasteiger partial charge in [-0.3, -0.25) is 9.69 Å². The van der Waals surface area contributed by atoms with Gasteiger partial charge in [-0.05, 0) is 47.7 Å². The topological polar surface area (TPSA) is 32.7 Å². The molecule has 1 fully saturated rings. The number of rotatable bonds is 3. The minimum absolute atomic E-state index is 0.0145. The summed E-state index contributed by atoms with van der Waals surface area (Å²) < 4.78 is 0. The van der Waals surface area contributed by atoms with Gasteiger partial charge in [-0.15, -0.1) is 11.3 Å². The Morgan fingerprint density at radius 2 is 1.62 bits per heavy atom. The standard InChI is InChI=1S/C21H16N2OS2/c1-23-20(24)19(26-21(23)22-16-10-6-3-7-11-16)14-17-12-13-18(25-17)15-8-4-2-5-9-15/h2-14H,1H3/b19-14-,22-21?. The number of para-hydroxylation sites is 1. The summed E-state index contributed by atoms with van der Waals surface area (Å²) in [6.45, 7) is 0. The zero-order valence-corrected chi connectivity index (χ0v) is 15.8. The average Bonchev–Trinajstić information content (AvgIpc) is 3.25. The number of hydrogen-bond donors (Lipinski definition) is 0. The van der Waals surface area contributed by atoms with Crippen molar-refractivity contribution in [3.63, 3.8) is 0 Å². The molecule has 0 atom stereocenters. The number of aliphatic imine (C=N–C) groups is 1. The number of amides is 1. The second kappa shape index (κ2) is 7.32. The van der Waals surface area contributed by atoms with Gasteiger partial charge in [-0.25, -0.2) is 4.99 Å². The molecule has 1 aliphatic heterocycles. The summed E-state index contributed by atoms with van der Waals surface area (Å²) in [5.41, 5.74) is 2.04. The van der Waals surface area contributed by atoms with Gasteiger partial charge in [-0.1, -0.05) is 48.5 Å². The Hall–Kier alpha value is -2.63. The van der Waals surface area contributed by atoms with Gasteiger partial charge in [0.25, 0.3) is 5.91 Å². The van der Waals surface area contributed by atoms with E-state index in [1.165, 1.54) is 22.2 Å². The average molecular weight is 377 g/mol. The van der Waals surface area contributed by atoms with E-state index >= 15 is 0 Å². The van der Waals surface area contributed by atoms with Crippen molar-refractivity contribution < 1.29 is 4.79 Å². The van der Waals surface area contributed by atoms with Gasteiger partial charge < -0.3 is 0 Å². The number of thiophene rings is 1. The van der Waals surface area contributed by atoms with E-state index in [4.69, 9.17) is 0 Å². The predicted molar refractivity (Wildman–Crippen MR) is 112 cm³/mol. The predicted octanol–water partition coefficient (Wildman–Crippen LogP) is 5.65. The first-order valence-corrected chi connectivity index (χ1v) is 9.80. The highest BCUT2D eigenvalue weighted by atomic mass is 32.2. The molecule has 128 valence electrons. The maximum absolute atomic E-state index is 12.5. The van der Waals surface area contributed by atoms with E-state index in [9.17, 15) is 4.79 Å². The summed E-state index contributed by atoms with van der Waals surface area (Å²) in [7, 11) is 1.77. The summed E-state index contributed by atoms with van der Waals surface area (Å²) in [5.74, 6) is -0.0145. The first-order valence-electron chi connectivity index (χ1n) is 8.17. The third-order valence-electron chi connectivity index (χ3n) is 3.94. The lowest BCUT2D eigenvalue weighted by molar-refractivity contribution is -0.121. The fraction of sp³-hybridized carbons (Fsp3) is 0.0476. The fourth-order valence-electron chi connectivity index (χ4n) is 2.58. The smallest absolute Gasteiger partial charge is 0.266 e. The normalized spacial score (nSPS) is 17.4. The zero-order valence-electron chi connectivity index (χ0n) is 14.1. The zero-order chi connectivity index (χ0) is 17.9. The molecule has 0 unspecified atom stereocenters. The van der Waals surface area contributed by atoms with Crippen LogP contribution in [0.1, 0.15) is 4.88 Å². The first-order chi connectivity index (χ1) is 12.7. The number of carbonyl (C=O) groups excluding carboxylic acids is 1. The van der Waals surface area contributed by atoms with Crippen LogP contribution in [0.15, 0.2) is 82.7 Å². The van der Waals surface area contributed by atoms with Crippen LogP contribution >= 0.6 is 23.1 Å². The molecule has 0 saturated carbocycles. The quantitative estimate of drug-likeness (QED) is 0.553. The first kappa shape index (κ1) is 16.8. The Morgan fingerprint density at radius 3 is 2.35 bits per heavy atom. The van der Waals surface area contributed by atoms with Crippen LogP contribution in [0.2, 0.25) is 0 Å². The van der Waals surface area contributed by atoms with Crippen LogP contribution in [0.25, 0.3) is 16.5 Å². The van der Waals surface area contributed by atoms with Gasteiger partial charge in [0.15, 0.2) is 5.17 Å². The van der Waals surface area contributed by atoms with Crippen LogP contribution in [-0.2, 0) is 4.79 Å². The summed E-state index contributed by atoms with van der Waals surface area (Å²) in [6, 6.07) is 24.1. The van der Waals surface area contributed by atoms with Crippen molar-refractivity contribution in [2.75, 3.05) is 7.05 Å². The monoisotopic (exact) mass is 376 g/mol. The minimum atomic E-state index is -0.0145. The lowest BCUT2D eigenvalue weighted by Crippen LogP contribution is -2.23. The lowest BCUT2D eigenvalue weighted by Gasteiger charge is -2.06. The molecule has 1 saturated heterocycles. The van der Waals surface area contributed by atoms with Crippen molar-refractivity contribution in [3.05, 3.63) is 82.6 Å². The fourth-order valence-corrected chi connectivity index (χ4v) is 4.59. The Labute approximate surface area is 160 Å². The van der Waals surface area contributed by atoms with Gasteiger partial charge in [0.2, 0.25) is 0 Å². The van der Waals surface area contributed by atoms with Crippen LogP contribution in [0.4, 0.5) is 5.69 Å². The largest absolute Gasteiger partial charge is 0.290 e. The maximum Gasteiger partial charge on any atom is 0.266 e. The van der Waals surface area contributed by atoms with Crippen molar-refractivity contribution in [3.8, 4) is 10.4 Å². The highest BCUT2D eigenvalue weighted by molar-refractivity contribution is 8.18. The van der Waals surface area contributed by atoms with Crippen molar-refractivity contribution >= 4 is 45.9 Å². The van der Waals surface area contributed by atoms with Crippen LogP contribution < -0.4 is 0 Å². The van der Waals surface area contributed by atoms with E-state index in [1.54, 1.807) is 23.3 Å². The van der Waals surface area contributed by atoms with Gasteiger partial charge in [0, 0.05) is 16.8 Å². The third kappa shape index (κ3) is 3.49. The lowest BCUT2D eigenvalue weighted by atomic mass is 10.2. The van der Waals surface area contributed by atoms with Gasteiger partial charge in [0.1, 0.15) is 0 Å². The number of benzene rings is 2. The number of nitrogens with zero attached hydrogens (tertiary/aromatic N) is 2. The van der Waals surface area contributed by atoms with E-state index in [1.807, 2.05) is 54.6 Å². The van der Waals surface area contributed by atoms with Crippen molar-refractivity contribution in [2.45, 2.75) is 0 Å². The molecule has 26 heavy (non-hydrogen) atoms. The molecule has 2 heterocycles. The molecular formula is C21H16N2OS2. The SMILES string of the molecule is CN1C(=O)/C(=C/c2ccc(-c3ccccc3)s2)SC1=Nc1ccccc1. The number of likely N-dealkylation sites (N-methyl/N-ethyl adjacent to an activating group) is 1. The molecule has 0 bridgehead atoms. The van der Waals surface area contributed by atoms with Crippen LogP contribution in [0.3, 0.4) is 0 Å². The maximum atomic E-state index is 12.5. The van der Waals surface area contributed by atoms with Crippen LogP contribution in [0, 0.1) is 0 Å². The molecule has 1 aliphatic rings. The minimum Gasteiger partial charge on any atom is -0.290 e. The molecule has 0 N–H and O–H groups in total. The van der Waals surface area contributed by atoms with E-state index in [0.717, 1.165) is 10.6 Å². The number of thioether (sulfide) groups is 1. The molecule has 3 aromatic rings. The van der Waals surface area contributed by atoms with Gasteiger partial charge >= 0.3 is 0 Å². The van der Waals surface area contributed by atoms with Crippen molar-refractivity contribution in [1.29, 1.82) is 0 Å². The number of carbonyl (C=O) groups is 1. The second-order valence-electron chi connectivity index (χ2n) is 5.77. The van der Waals surface area contributed by atoms with E-state index in [-0.39, 0.29) is 5.91 Å². The molecule has 0 spiro atoms. The Bertz CT molecular complexity index is 991. The van der Waals surface area contributed by atoms with Gasteiger partial charge in [0.05, 0.1) is 10.6 Å². The molecule has 4 rings (SSSR count). The van der Waals surface area contributed by atoms with Gasteiger partial charge in [-0.2, -0.15) is 0 Å². The second-order valence-corrected chi connectivity index (χ2v) is 7.90. The number of hydrogen-bond acceptors (Lipinski definition) is 4. The third-order valence-corrected chi connectivity index (χ3v) is 6.08. The molecule has 5 heteroatoms. The Kier molecular flexibility index (Phi) is 4.73. The van der Waals surface area contributed by atoms with E-state index in [0.29, 0.717) is 10.1 Å².